The molecule has 1 spiro atoms. The van der Waals surface area contributed by atoms with E-state index in [2.05, 4.69) is 26.6 Å². The zero-order valence-corrected chi connectivity index (χ0v) is 23.5. The predicted octanol–water partition coefficient (Wildman–Crippen LogP) is 3.42. The van der Waals surface area contributed by atoms with Crippen molar-refractivity contribution in [3.8, 4) is 0 Å². The molecule has 3 saturated heterocycles. The Kier molecular flexibility index (Phi) is 7.57. The molecule has 202 valence electrons. The Labute approximate surface area is 235 Å². The molecule has 3 aliphatic rings. The van der Waals surface area contributed by atoms with Crippen LogP contribution in [0.1, 0.15) is 30.9 Å². The van der Waals surface area contributed by atoms with Crippen molar-refractivity contribution in [2.24, 2.45) is 11.8 Å². The first-order valence-electron chi connectivity index (χ1n) is 12.9. The van der Waals surface area contributed by atoms with E-state index in [4.69, 9.17) is 16.3 Å². The van der Waals surface area contributed by atoms with Gasteiger partial charge in [0.25, 0.3) is 0 Å². The molecule has 3 aliphatic heterocycles. The Bertz CT molecular complexity index is 1220. The van der Waals surface area contributed by atoms with Crippen molar-refractivity contribution in [1.82, 2.24) is 10.2 Å². The number of para-hydroxylation sites is 1. The maximum Gasteiger partial charge on any atom is 0.250 e. The van der Waals surface area contributed by atoms with Gasteiger partial charge < -0.3 is 25.4 Å². The molecule has 0 aliphatic carbocycles. The maximum absolute atomic E-state index is 14.1. The number of carbonyl (C=O) groups excluding carboxylic acids is 3. The minimum absolute atomic E-state index is 0.217. The predicted molar refractivity (Wildman–Crippen MR) is 147 cm³/mol. The molecule has 7 atom stereocenters. The number of aliphatic hydroxyl groups is 1. The van der Waals surface area contributed by atoms with E-state index < -0.39 is 41.5 Å². The van der Waals surface area contributed by atoms with E-state index in [1.165, 1.54) is 4.90 Å². The molecule has 3 unspecified atom stereocenters. The summed E-state index contributed by atoms with van der Waals surface area (Å²) < 4.78 is 6.51. The Morgan fingerprint density at radius 3 is 2.61 bits per heavy atom. The first-order valence-corrected chi connectivity index (χ1v) is 14.1. The lowest BCUT2D eigenvalue weighted by molar-refractivity contribution is -0.144. The molecule has 3 N–H and O–H groups in total. The number of benzene rings is 2. The third-order valence-corrected chi connectivity index (χ3v) is 9.29. The van der Waals surface area contributed by atoms with Gasteiger partial charge in [-0.15, -0.1) is 0 Å². The highest BCUT2D eigenvalue weighted by molar-refractivity contribution is 9.09. The highest BCUT2D eigenvalue weighted by atomic mass is 79.9. The number of hydrogen-bond acceptors (Lipinski definition) is 5. The summed E-state index contributed by atoms with van der Waals surface area (Å²) in [7, 11) is 0. The zero-order chi connectivity index (χ0) is 27.2. The normalized spacial score (nSPS) is 30.3. The number of ether oxygens (including phenoxy) is 1. The number of aryl methyl sites for hydroxylation is 1. The first-order chi connectivity index (χ1) is 18.2. The van der Waals surface area contributed by atoms with E-state index in [9.17, 15) is 19.5 Å². The van der Waals surface area contributed by atoms with E-state index in [1.54, 1.807) is 12.1 Å². The van der Waals surface area contributed by atoms with Gasteiger partial charge in [-0.05, 0) is 37.0 Å². The van der Waals surface area contributed by atoms with Crippen LogP contribution in [0.25, 0.3) is 0 Å². The lowest BCUT2D eigenvalue weighted by Crippen LogP contribution is -2.56. The Morgan fingerprint density at radius 2 is 1.95 bits per heavy atom. The molecule has 3 fully saturated rings. The van der Waals surface area contributed by atoms with Gasteiger partial charge in [0.1, 0.15) is 11.6 Å². The lowest BCUT2D eigenvalue weighted by atomic mass is 9.70. The Hall–Kier alpha value is -2.46. The summed E-state index contributed by atoms with van der Waals surface area (Å²) >= 11 is 10.1. The number of likely N-dealkylation sites (tertiary alicyclic amines) is 1. The van der Waals surface area contributed by atoms with Crippen molar-refractivity contribution in [2.75, 3.05) is 11.9 Å². The largest absolute Gasteiger partial charge is 0.394 e. The van der Waals surface area contributed by atoms with E-state index >= 15 is 0 Å². The number of aliphatic hydroxyl groups excluding tert-OH is 1. The minimum Gasteiger partial charge on any atom is -0.394 e. The van der Waals surface area contributed by atoms with E-state index in [-0.39, 0.29) is 23.2 Å². The number of alkyl halides is 1. The number of anilines is 1. The van der Waals surface area contributed by atoms with Crippen LogP contribution >= 0.6 is 27.5 Å². The van der Waals surface area contributed by atoms with Crippen molar-refractivity contribution in [2.45, 2.75) is 61.8 Å². The van der Waals surface area contributed by atoms with Gasteiger partial charge in [0.2, 0.25) is 17.7 Å². The molecule has 0 saturated carbocycles. The molecule has 2 aromatic carbocycles. The van der Waals surface area contributed by atoms with Gasteiger partial charge in [0.05, 0.1) is 41.3 Å². The van der Waals surface area contributed by atoms with Crippen molar-refractivity contribution in [3.05, 3.63) is 64.7 Å². The fourth-order valence-electron chi connectivity index (χ4n) is 6.36. The van der Waals surface area contributed by atoms with Gasteiger partial charge >= 0.3 is 0 Å². The third kappa shape index (κ3) is 4.33. The number of fused-ring (bicyclic) bond motifs is 1. The molecule has 10 heteroatoms. The van der Waals surface area contributed by atoms with E-state index in [1.807, 2.05) is 50.2 Å². The number of halogens is 2. The van der Waals surface area contributed by atoms with E-state index in [0.29, 0.717) is 30.1 Å². The van der Waals surface area contributed by atoms with E-state index in [0.717, 1.165) is 11.1 Å². The van der Waals surface area contributed by atoms with Crippen molar-refractivity contribution >= 4 is 50.9 Å². The van der Waals surface area contributed by atoms with Crippen LogP contribution in [0.3, 0.4) is 0 Å². The van der Waals surface area contributed by atoms with Crippen LogP contribution in [0.15, 0.2) is 48.5 Å². The second-order valence-electron chi connectivity index (χ2n) is 10.3. The van der Waals surface area contributed by atoms with Crippen LogP contribution in [0.5, 0.6) is 0 Å². The quantitative estimate of drug-likeness (QED) is 0.401. The van der Waals surface area contributed by atoms with Crippen molar-refractivity contribution in [3.63, 3.8) is 0 Å². The Morgan fingerprint density at radius 1 is 1.21 bits per heavy atom. The molecule has 2 aromatic rings. The molecular weight excluding hydrogens is 574 g/mol. The fraction of sp³-hybridized carbons (Fsp3) is 0.464. The SMILES string of the molecule is CC[C@@H](CO)N1C(=O)[C@@H]2[C@H](C(=O)NCc3ccccc3)[C@H]3OC2(CC3Br)C1C(=O)Nc1c(C)cccc1Cl. The van der Waals surface area contributed by atoms with Crippen LogP contribution in [0.4, 0.5) is 5.69 Å². The van der Waals surface area contributed by atoms with Crippen LogP contribution in [0, 0.1) is 18.8 Å². The molecule has 8 nitrogen and oxygen atoms in total. The first kappa shape index (κ1) is 27.1. The third-order valence-electron chi connectivity index (χ3n) is 8.13. The molecule has 0 aromatic heterocycles. The highest BCUT2D eigenvalue weighted by Crippen LogP contribution is 2.60. The number of amides is 3. The van der Waals surface area contributed by atoms with Crippen LogP contribution in [-0.4, -0.2) is 63.0 Å². The summed E-state index contributed by atoms with van der Waals surface area (Å²) in [6.07, 6.45) is 0.258. The van der Waals surface area contributed by atoms with Gasteiger partial charge in [-0.2, -0.15) is 0 Å². The zero-order valence-electron chi connectivity index (χ0n) is 21.2. The second kappa shape index (κ2) is 10.6. The smallest absolute Gasteiger partial charge is 0.250 e. The monoisotopic (exact) mass is 603 g/mol. The molecule has 2 bridgehead atoms. The summed E-state index contributed by atoms with van der Waals surface area (Å²) in [5.41, 5.74) is 0.960. The number of carbonyl (C=O) groups is 3. The Balaban J connectivity index is 1.50. The molecular formula is C28H31BrClN3O5. The van der Waals surface area contributed by atoms with Crippen LogP contribution < -0.4 is 10.6 Å². The molecule has 38 heavy (non-hydrogen) atoms. The van der Waals surface area contributed by atoms with Crippen LogP contribution in [0.2, 0.25) is 5.02 Å². The topological polar surface area (TPSA) is 108 Å². The van der Waals surface area contributed by atoms with Gasteiger partial charge in [-0.3, -0.25) is 14.4 Å². The van der Waals surface area contributed by atoms with Crippen LogP contribution in [-0.2, 0) is 25.7 Å². The molecule has 3 amide bonds. The lowest BCUT2D eigenvalue weighted by Gasteiger charge is -2.36. The second-order valence-corrected chi connectivity index (χ2v) is 11.9. The highest BCUT2D eigenvalue weighted by Gasteiger charge is 2.77. The number of nitrogens with one attached hydrogen (secondary N) is 2. The average molecular weight is 605 g/mol. The number of nitrogens with zero attached hydrogens (tertiary/aromatic N) is 1. The standard InChI is InChI=1S/C28H31BrClN3O5/c1-3-17(14-34)33-24(26(36)32-22-15(2)8-7-11-19(22)30)28-12-18(29)23(38-28)20(21(28)27(33)37)25(35)31-13-16-9-5-4-6-10-16/h4-11,17-18,20-21,23-24,34H,3,12-14H2,1-2H3,(H,31,35)(H,32,36)/t17-,18?,20-,21-,23-,24?,28?/m0/s1. The fourth-order valence-corrected chi connectivity index (χ4v) is 7.57. The maximum atomic E-state index is 14.1. The van der Waals surface area contributed by atoms with Crippen molar-refractivity contribution in [1.29, 1.82) is 0 Å². The van der Waals surface area contributed by atoms with Gasteiger partial charge in [0.15, 0.2) is 0 Å². The number of hydrogen-bond donors (Lipinski definition) is 3. The molecule has 5 rings (SSSR count). The summed E-state index contributed by atoms with van der Waals surface area (Å²) in [5.74, 6) is -2.70. The van der Waals surface area contributed by atoms with Crippen molar-refractivity contribution < 1.29 is 24.2 Å². The summed E-state index contributed by atoms with van der Waals surface area (Å²) in [4.78, 5) is 42.8. The van der Waals surface area contributed by atoms with Gasteiger partial charge in [-0.1, -0.05) is 76.9 Å². The minimum atomic E-state index is -1.22. The summed E-state index contributed by atoms with van der Waals surface area (Å²) in [6.45, 7) is 3.69. The average Bonchev–Trinajstić information content (AvgIpc) is 3.50. The summed E-state index contributed by atoms with van der Waals surface area (Å²) in [5, 5.41) is 16.5. The van der Waals surface area contributed by atoms with Gasteiger partial charge in [-0.25, -0.2) is 0 Å². The molecule has 0 radical (unpaired) electrons. The summed E-state index contributed by atoms with van der Waals surface area (Å²) in [6, 6.07) is 13.2. The number of rotatable bonds is 8. The van der Waals surface area contributed by atoms with Gasteiger partial charge in [0, 0.05) is 11.4 Å². The molecule has 3 heterocycles.